The number of nitrogens with two attached hydrogens (primary N) is 1. The number of hydrogen-bond donors (Lipinski definition) is 2. The molecule has 0 saturated heterocycles. The van der Waals surface area contributed by atoms with Crippen molar-refractivity contribution in [2.45, 2.75) is 12.3 Å². The van der Waals surface area contributed by atoms with E-state index in [9.17, 15) is 0 Å². The van der Waals surface area contributed by atoms with Crippen LogP contribution in [0.3, 0.4) is 0 Å². The molecule has 0 unspecified atom stereocenters. The summed E-state index contributed by atoms with van der Waals surface area (Å²) in [6.07, 6.45) is 2.11. The van der Waals surface area contributed by atoms with Crippen molar-refractivity contribution in [2.24, 2.45) is 5.73 Å². The van der Waals surface area contributed by atoms with Gasteiger partial charge in [0.2, 0.25) is 0 Å². The molecule has 0 bridgehead atoms. The van der Waals surface area contributed by atoms with Gasteiger partial charge in [0, 0.05) is 23.5 Å². The lowest BCUT2D eigenvalue weighted by Gasteiger charge is -1.95. The van der Waals surface area contributed by atoms with Crippen LogP contribution in [0.5, 0.6) is 0 Å². The van der Waals surface area contributed by atoms with Crippen LogP contribution in [0.1, 0.15) is 11.3 Å². The Bertz CT molecular complexity index is 434. The summed E-state index contributed by atoms with van der Waals surface area (Å²) in [6, 6.07) is 8.53. The maximum absolute atomic E-state index is 5.59. The zero-order chi connectivity index (χ0) is 9.97. The molecular weight excluding hydrogens is 192 g/mol. The first-order valence-electron chi connectivity index (χ1n) is 4.63. The molecule has 0 spiro atoms. The zero-order valence-electron chi connectivity index (χ0n) is 8.21. The number of nitrogens with one attached hydrogen (secondary N) is 1. The van der Waals surface area contributed by atoms with Crippen molar-refractivity contribution in [3.8, 4) is 0 Å². The molecule has 3 N–H and O–H groups in total. The third-order valence-corrected chi connectivity index (χ3v) is 2.88. The first kappa shape index (κ1) is 9.62. The van der Waals surface area contributed by atoms with Gasteiger partial charge in [0.25, 0.3) is 0 Å². The molecule has 0 aliphatic rings. The minimum absolute atomic E-state index is 0.604. The molecular formula is C11H14N2S. The Morgan fingerprint density at radius 3 is 2.93 bits per heavy atom. The van der Waals surface area contributed by atoms with Gasteiger partial charge in [-0.15, -0.1) is 0 Å². The molecule has 1 aromatic heterocycles. The van der Waals surface area contributed by atoms with E-state index in [0.717, 1.165) is 5.75 Å². The summed E-state index contributed by atoms with van der Waals surface area (Å²) in [6.45, 7) is 0.604. The lowest BCUT2D eigenvalue weighted by molar-refractivity contribution is 1.07. The lowest BCUT2D eigenvalue weighted by Crippen LogP contribution is -1.94. The molecule has 0 saturated carbocycles. The number of H-pyrrole nitrogens is 1. The van der Waals surface area contributed by atoms with Crippen LogP contribution in [0.15, 0.2) is 24.3 Å². The Morgan fingerprint density at radius 1 is 1.36 bits per heavy atom. The van der Waals surface area contributed by atoms with Gasteiger partial charge in [0.1, 0.15) is 0 Å². The molecule has 2 rings (SSSR count). The van der Waals surface area contributed by atoms with Crippen LogP contribution in [0.4, 0.5) is 0 Å². The van der Waals surface area contributed by atoms with Crippen molar-refractivity contribution in [2.75, 3.05) is 6.26 Å². The van der Waals surface area contributed by atoms with Crippen LogP contribution in [0.2, 0.25) is 0 Å². The van der Waals surface area contributed by atoms with Gasteiger partial charge >= 0.3 is 0 Å². The Morgan fingerprint density at radius 2 is 2.21 bits per heavy atom. The summed E-state index contributed by atoms with van der Waals surface area (Å²) in [4.78, 5) is 3.39. The third-order valence-electron chi connectivity index (χ3n) is 2.28. The highest BCUT2D eigenvalue weighted by Crippen LogP contribution is 2.19. The van der Waals surface area contributed by atoms with Gasteiger partial charge in [-0.2, -0.15) is 11.8 Å². The second-order valence-corrected chi connectivity index (χ2v) is 4.22. The molecule has 0 atom stereocenters. The van der Waals surface area contributed by atoms with Crippen molar-refractivity contribution in [1.82, 2.24) is 4.98 Å². The quantitative estimate of drug-likeness (QED) is 0.810. The molecule has 0 radical (unpaired) electrons. The van der Waals surface area contributed by atoms with E-state index in [1.165, 1.54) is 22.2 Å². The Labute approximate surface area is 87.9 Å². The van der Waals surface area contributed by atoms with Crippen molar-refractivity contribution in [3.05, 3.63) is 35.5 Å². The van der Waals surface area contributed by atoms with E-state index in [4.69, 9.17) is 5.73 Å². The molecule has 0 aliphatic carbocycles. The summed E-state index contributed by atoms with van der Waals surface area (Å²) in [7, 11) is 0. The molecule has 3 heteroatoms. The molecule has 1 aromatic carbocycles. The predicted octanol–water partition coefficient (Wildman–Crippen LogP) is 2.49. The van der Waals surface area contributed by atoms with E-state index in [0.29, 0.717) is 6.54 Å². The summed E-state index contributed by atoms with van der Waals surface area (Å²) < 4.78 is 0. The molecule has 2 nitrogen and oxygen atoms in total. The molecule has 74 valence electrons. The smallest absolute Gasteiger partial charge is 0.0459 e. The maximum atomic E-state index is 5.59. The number of aromatic amines is 1. The first-order chi connectivity index (χ1) is 6.83. The second-order valence-electron chi connectivity index (χ2n) is 3.35. The van der Waals surface area contributed by atoms with Crippen molar-refractivity contribution < 1.29 is 0 Å². The van der Waals surface area contributed by atoms with E-state index in [2.05, 4.69) is 35.5 Å². The van der Waals surface area contributed by atoms with E-state index in [1.54, 1.807) is 0 Å². The predicted molar refractivity (Wildman–Crippen MR) is 63.4 cm³/mol. The molecule has 14 heavy (non-hydrogen) atoms. The maximum Gasteiger partial charge on any atom is 0.0459 e. The molecule has 1 heterocycles. The Balaban J connectivity index is 2.43. The highest BCUT2D eigenvalue weighted by Gasteiger charge is 2.00. The van der Waals surface area contributed by atoms with Crippen LogP contribution < -0.4 is 5.73 Å². The lowest BCUT2D eigenvalue weighted by atomic mass is 10.2. The highest BCUT2D eigenvalue weighted by atomic mass is 32.2. The van der Waals surface area contributed by atoms with Crippen molar-refractivity contribution in [3.63, 3.8) is 0 Å². The van der Waals surface area contributed by atoms with E-state index in [-0.39, 0.29) is 0 Å². The third kappa shape index (κ3) is 1.79. The molecule has 0 amide bonds. The molecule has 0 fully saturated rings. The number of rotatable bonds is 3. The van der Waals surface area contributed by atoms with Crippen LogP contribution in [-0.4, -0.2) is 11.2 Å². The summed E-state index contributed by atoms with van der Waals surface area (Å²) in [5.41, 5.74) is 9.24. The number of fused-ring (bicyclic) bond motifs is 1. The fourth-order valence-corrected chi connectivity index (χ4v) is 2.06. The molecule has 0 aliphatic heterocycles. The zero-order valence-corrected chi connectivity index (χ0v) is 9.03. The average molecular weight is 206 g/mol. The fraction of sp³-hybridized carbons (Fsp3) is 0.273. The second kappa shape index (κ2) is 4.07. The first-order valence-corrected chi connectivity index (χ1v) is 6.02. The van der Waals surface area contributed by atoms with E-state index < -0.39 is 0 Å². The van der Waals surface area contributed by atoms with Gasteiger partial charge in [-0.1, -0.05) is 12.1 Å². The number of aromatic nitrogens is 1. The monoisotopic (exact) mass is 206 g/mol. The number of thioether (sulfide) groups is 1. The van der Waals surface area contributed by atoms with Gasteiger partial charge in [-0.3, -0.25) is 0 Å². The van der Waals surface area contributed by atoms with Gasteiger partial charge in [-0.05, 0) is 29.3 Å². The highest BCUT2D eigenvalue weighted by molar-refractivity contribution is 7.97. The summed E-state index contributed by atoms with van der Waals surface area (Å²) in [5.74, 6) is 1.03. The van der Waals surface area contributed by atoms with Crippen molar-refractivity contribution in [1.29, 1.82) is 0 Å². The van der Waals surface area contributed by atoms with E-state index >= 15 is 0 Å². The van der Waals surface area contributed by atoms with Gasteiger partial charge in [0.05, 0.1) is 0 Å². The van der Waals surface area contributed by atoms with E-state index in [1.807, 2.05) is 11.8 Å². The summed E-state index contributed by atoms with van der Waals surface area (Å²) >= 11 is 1.82. The van der Waals surface area contributed by atoms with Gasteiger partial charge in [-0.25, -0.2) is 0 Å². The number of benzene rings is 1. The number of hydrogen-bond acceptors (Lipinski definition) is 2. The van der Waals surface area contributed by atoms with Crippen LogP contribution >= 0.6 is 11.8 Å². The van der Waals surface area contributed by atoms with Crippen LogP contribution in [-0.2, 0) is 12.3 Å². The Kier molecular flexibility index (Phi) is 2.79. The Hall–Kier alpha value is -0.930. The van der Waals surface area contributed by atoms with Gasteiger partial charge < -0.3 is 10.7 Å². The van der Waals surface area contributed by atoms with Crippen LogP contribution in [0, 0.1) is 0 Å². The SMILES string of the molecule is CSCc1cc2ccc(CN)cc2[nH]1. The average Bonchev–Trinajstić information content (AvgIpc) is 2.59. The van der Waals surface area contributed by atoms with Crippen molar-refractivity contribution >= 4 is 22.7 Å². The standard InChI is InChI=1S/C11H14N2S/c1-14-7-10-5-9-3-2-8(6-12)4-11(9)13-10/h2-5,13H,6-7,12H2,1H3. The minimum atomic E-state index is 0.604. The van der Waals surface area contributed by atoms with Gasteiger partial charge in [0.15, 0.2) is 0 Å². The minimum Gasteiger partial charge on any atom is -0.358 e. The fourth-order valence-electron chi connectivity index (χ4n) is 1.59. The van der Waals surface area contributed by atoms with Crippen LogP contribution in [0.25, 0.3) is 10.9 Å². The largest absolute Gasteiger partial charge is 0.358 e. The normalized spacial score (nSPS) is 11.0. The summed E-state index contributed by atoms with van der Waals surface area (Å²) in [5, 5.41) is 1.27. The molecule has 2 aromatic rings. The topological polar surface area (TPSA) is 41.8 Å².